The van der Waals surface area contributed by atoms with Gasteiger partial charge in [0, 0.05) is 12.6 Å². The van der Waals surface area contributed by atoms with E-state index in [0.717, 1.165) is 19.3 Å². The van der Waals surface area contributed by atoms with Gasteiger partial charge < -0.3 is 24.4 Å². The van der Waals surface area contributed by atoms with Gasteiger partial charge in [-0.1, -0.05) is 44.6 Å². The molecule has 2 fully saturated rings. The zero-order valence-electron chi connectivity index (χ0n) is 20.7. The second-order valence-corrected chi connectivity index (χ2v) is 10.2. The summed E-state index contributed by atoms with van der Waals surface area (Å²) in [6.07, 6.45) is 11.3. The monoisotopic (exact) mass is 474 g/mol. The first-order valence-corrected chi connectivity index (χ1v) is 12.7. The molecule has 0 bridgehead atoms. The van der Waals surface area contributed by atoms with Crippen molar-refractivity contribution in [3.63, 3.8) is 0 Å². The summed E-state index contributed by atoms with van der Waals surface area (Å²) in [7, 11) is 0. The number of carbonyl (C=O) groups is 3. The Bertz CT molecular complexity index is 883. The van der Waals surface area contributed by atoms with Crippen LogP contribution < -0.4 is 0 Å². The lowest BCUT2D eigenvalue weighted by Crippen LogP contribution is -2.59. The molecule has 0 aliphatic carbocycles. The number of hydrogen-bond acceptors (Lipinski definition) is 6. The smallest absolute Gasteiger partial charge is 0.313 e. The molecular formula is C26H38N2O6. The maximum atomic E-state index is 14.2. The molecule has 2 saturated heterocycles. The third-order valence-electron chi connectivity index (χ3n) is 8.03. The third-order valence-corrected chi connectivity index (χ3v) is 8.03. The number of aliphatic hydroxyl groups excluding tert-OH is 1. The SMILES string of the molecule is CCCC(C)N1CC=C[C@]23O[C@]4(C)/C=C\CCCOC(=O)[C@@H]4[C@H]2C(=O)N([C@@H](CC)CO)C3C1=O. The fraction of sp³-hybridized carbons (Fsp3) is 0.731. The summed E-state index contributed by atoms with van der Waals surface area (Å²) in [5.74, 6) is -2.77. The second-order valence-electron chi connectivity index (χ2n) is 10.2. The normalized spacial score (nSPS) is 38.1. The van der Waals surface area contributed by atoms with Crippen molar-refractivity contribution in [1.29, 1.82) is 0 Å². The molecule has 2 amide bonds. The highest BCUT2D eigenvalue weighted by atomic mass is 16.6. The van der Waals surface area contributed by atoms with Crippen LogP contribution in [0.4, 0.5) is 0 Å². The van der Waals surface area contributed by atoms with Gasteiger partial charge in [-0.2, -0.15) is 0 Å². The Kier molecular flexibility index (Phi) is 6.93. The van der Waals surface area contributed by atoms with E-state index in [1.165, 1.54) is 4.90 Å². The molecule has 4 aliphatic heterocycles. The largest absolute Gasteiger partial charge is 0.465 e. The summed E-state index contributed by atoms with van der Waals surface area (Å²) >= 11 is 0. The molecule has 8 nitrogen and oxygen atoms in total. The van der Waals surface area contributed by atoms with E-state index >= 15 is 0 Å². The topological polar surface area (TPSA) is 96.4 Å². The fourth-order valence-electron chi connectivity index (χ4n) is 6.37. The van der Waals surface area contributed by atoms with Crippen LogP contribution in [0.1, 0.15) is 59.8 Å². The number of allylic oxidation sites excluding steroid dienone is 1. The first kappa shape index (κ1) is 24.9. The van der Waals surface area contributed by atoms with Crippen molar-refractivity contribution in [2.75, 3.05) is 19.8 Å². The highest BCUT2D eigenvalue weighted by molar-refractivity contribution is 5.99. The molecule has 4 heterocycles. The molecule has 4 aliphatic rings. The quantitative estimate of drug-likeness (QED) is 0.468. The van der Waals surface area contributed by atoms with Crippen LogP contribution in [0.5, 0.6) is 0 Å². The fourth-order valence-corrected chi connectivity index (χ4v) is 6.37. The van der Waals surface area contributed by atoms with Crippen LogP contribution in [0.3, 0.4) is 0 Å². The molecule has 0 aromatic carbocycles. The maximum Gasteiger partial charge on any atom is 0.313 e. The molecule has 7 atom stereocenters. The number of fused-ring (bicyclic) bond motifs is 2. The van der Waals surface area contributed by atoms with Crippen molar-refractivity contribution in [1.82, 2.24) is 9.80 Å². The number of nitrogens with zero attached hydrogens (tertiary/aromatic N) is 2. The van der Waals surface area contributed by atoms with Gasteiger partial charge in [0.05, 0.1) is 30.8 Å². The van der Waals surface area contributed by atoms with Gasteiger partial charge in [-0.3, -0.25) is 14.4 Å². The van der Waals surface area contributed by atoms with Gasteiger partial charge in [0.25, 0.3) is 0 Å². The standard InChI is InChI=1S/C26H38N2O6/c1-5-11-17(3)27-14-10-13-26-19(22(30)28(18(6-2)16-29)21(26)23(27)31)20-24(32)33-15-9-7-8-12-25(20,4)34-26/h8,10,12-13,17-21,29H,5-7,9,11,14-16H2,1-4H3/b12-8-/t17?,18-,19-,20-,21?,25+,26-/m0/s1. The Morgan fingerprint density at radius 1 is 1.15 bits per heavy atom. The minimum Gasteiger partial charge on any atom is -0.465 e. The van der Waals surface area contributed by atoms with E-state index in [4.69, 9.17) is 9.47 Å². The van der Waals surface area contributed by atoms with Crippen LogP contribution in [-0.4, -0.2) is 81.8 Å². The van der Waals surface area contributed by atoms with Gasteiger partial charge in [-0.15, -0.1) is 0 Å². The number of cyclic esters (lactones) is 1. The number of amides is 2. The summed E-state index contributed by atoms with van der Waals surface area (Å²) in [6.45, 7) is 8.21. The van der Waals surface area contributed by atoms with Crippen LogP contribution in [-0.2, 0) is 23.9 Å². The van der Waals surface area contributed by atoms with E-state index in [2.05, 4.69) is 6.92 Å². The van der Waals surface area contributed by atoms with Crippen LogP contribution in [0.15, 0.2) is 24.3 Å². The van der Waals surface area contributed by atoms with Crippen molar-refractivity contribution in [2.24, 2.45) is 11.8 Å². The lowest BCUT2D eigenvalue weighted by atomic mass is 9.74. The second kappa shape index (κ2) is 9.46. The Labute approximate surface area is 201 Å². The molecule has 0 aromatic heterocycles. The predicted octanol–water partition coefficient (Wildman–Crippen LogP) is 2.21. The van der Waals surface area contributed by atoms with E-state index in [-0.39, 0.29) is 31.1 Å². The zero-order chi connectivity index (χ0) is 24.7. The summed E-state index contributed by atoms with van der Waals surface area (Å²) in [5.41, 5.74) is -2.39. The average molecular weight is 475 g/mol. The maximum absolute atomic E-state index is 14.2. The zero-order valence-corrected chi connectivity index (χ0v) is 20.7. The average Bonchev–Trinajstić information content (AvgIpc) is 3.15. The summed E-state index contributed by atoms with van der Waals surface area (Å²) in [4.78, 5) is 44.9. The van der Waals surface area contributed by atoms with Gasteiger partial charge in [-0.25, -0.2) is 0 Å². The predicted molar refractivity (Wildman–Crippen MR) is 126 cm³/mol. The minimum atomic E-state index is -1.31. The molecule has 8 heteroatoms. The Morgan fingerprint density at radius 2 is 1.91 bits per heavy atom. The van der Waals surface area contributed by atoms with E-state index < -0.39 is 41.1 Å². The number of rotatable bonds is 6. The number of likely N-dealkylation sites (tertiary alicyclic amines) is 1. The highest BCUT2D eigenvalue weighted by Gasteiger charge is 2.75. The Hall–Kier alpha value is -2.19. The molecule has 0 aromatic rings. The molecule has 34 heavy (non-hydrogen) atoms. The highest BCUT2D eigenvalue weighted by Crippen LogP contribution is 2.57. The van der Waals surface area contributed by atoms with E-state index in [1.54, 1.807) is 4.90 Å². The van der Waals surface area contributed by atoms with Crippen LogP contribution >= 0.6 is 0 Å². The minimum absolute atomic E-state index is 0.0125. The van der Waals surface area contributed by atoms with Crippen LogP contribution in [0.2, 0.25) is 0 Å². The molecule has 1 spiro atoms. The Morgan fingerprint density at radius 3 is 2.59 bits per heavy atom. The Balaban J connectivity index is 1.88. The van der Waals surface area contributed by atoms with E-state index in [0.29, 0.717) is 19.4 Å². The molecule has 0 radical (unpaired) electrons. The van der Waals surface area contributed by atoms with Gasteiger partial charge >= 0.3 is 5.97 Å². The number of esters is 1. The van der Waals surface area contributed by atoms with Gasteiger partial charge in [0.1, 0.15) is 17.6 Å². The van der Waals surface area contributed by atoms with Gasteiger partial charge in [0.15, 0.2) is 0 Å². The lowest BCUT2D eigenvalue weighted by Gasteiger charge is -2.41. The molecule has 0 saturated carbocycles. The van der Waals surface area contributed by atoms with E-state index in [1.807, 2.05) is 45.1 Å². The number of ether oxygens (including phenoxy) is 2. The number of carbonyl (C=O) groups excluding carboxylic acids is 3. The van der Waals surface area contributed by atoms with Crippen molar-refractivity contribution >= 4 is 17.8 Å². The van der Waals surface area contributed by atoms with Gasteiger partial charge in [0.2, 0.25) is 11.8 Å². The molecule has 2 unspecified atom stereocenters. The van der Waals surface area contributed by atoms with Crippen molar-refractivity contribution in [3.8, 4) is 0 Å². The van der Waals surface area contributed by atoms with Crippen molar-refractivity contribution in [2.45, 2.75) is 89.1 Å². The van der Waals surface area contributed by atoms with E-state index in [9.17, 15) is 19.5 Å². The number of aliphatic hydroxyl groups is 1. The lowest BCUT2D eigenvalue weighted by molar-refractivity contribution is -0.161. The van der Waals surface area contributed by atoms with Crippen molar-refractivity contribution < 1.29 is 29.0 Å². The molecule has 188 valence electrons. The van der Waals surface area contributed by atoms with Gasteiger partial charge in [-0.05, 0) is 39.5 Å². The van der Waals surface area contributed by atoms with Crippen LogP contribution in [0.25, 0.3) is 0 Å². The summed E-state index contributed by atoms with van der Waals surface area (Å²) in [5, 5.41) is 10.1. The first-order chi connectivity index (χ1) is 16.3. The first-order valence-electron chi connectivity index (χ1n) is 12.7. The third kappa shape index (κ3) is 3.70. The summed E-state index contributed by atoms with van der Waals surface area (Å²) < 4.78 is 12.3. The molecule has 1 N–H and O–H groups in total. The molecule has 4 rings (SSSR count). The summed E-state index contributed by atoms with van der Waals surface area (Å²) in [6, 6.07) is -1.51. The van der Waals surface area contributed by atoms with Crippen molar-refractivity contribution in [3.05, 3.63) is 24.3 Å². The van der Waals surface area contributed by atoms with Crippen LogP contribution in [0, 0.1) is 11.8 Å². The molecular weight excluding hydrogens is 436 g/mol. The number of hydrogen-bond donors (Lipinski definition) is 1.